The van der Waals surface area contributed by atoms with E-state index in [0.717, 1.165) is 25.5 Å². The summed E-state index contributed by atoms with van der Waals surface area (Å²) >= 11 is 0. The molecule has 6 rings (SSSR count). The fourth-order valence-electron chi connectivity index (χ4n) is 6.04. The molecule has 1 aliphatic heterocycles. The smallest absolute Gasteiger partial charge is 0.355 e. The number of rotatable bonds is 6. The maximum Gasteiger partial charge on any atom is 0.355 e. The normalized spacial score (nSPS) is 17.5. The second-order valence-corrected chi connectivity index (χ2v) is 13.3. The molecule has 4 aromatic rings. The molecule has 0 radical (unpaired) electrons. The molecule has 0 unspecified atom stereocenters. The van der Waals surface area contributed by atoms with E-state index >= 15 is 4.39 Å². The minimum Gasteiger partial charge on any atom is -0.397 e. The van der Waals surface area contributed by atoms with Crippen LogP contribution in [0.4, 0.5) is 15.9 Å². The number of hydrogen-bond acceptors (Lipinski definition) is 9. The number of hydrogen-bond donors (Lipinski definition) is 1. The molecule has 1 atom stereocenters. The summed E-state index contributed by atoms with van der Waals surface area (Å²) in [4.78, 5) is 43.2. The Morgan fingerprint density at radius 3 is 2.55 bits per heavy atom. The van der Waals surface area contributed by atoms with Crippen molar-refractivity contribution in [2.75, 3.05) is 36.5 Å². The third-order valence-corrected chi connectivity index (χ3v) is 9.58. The molecule has 3 aromatic heterocycles. The lowest BCUT2D eigenvalue weighted by Gasteiger charge is -2.40. The number of pyridine rings is 2. The van der Waals surface area contributed by atoms with Crippen LogP contribution in [0.5, 0.6) is 0 Å². The minimum absolute atomic E-state index is 0.0231. The highest BCUT2D eigenvalue weighted by Crippen LogP contribution is 2.42. The van der Waals surface area contributed by atoms with Crippen molar-refractivity contribution in [2.24, 2.45) is 0 Å². The molecule has 0 bridgehead atoms. The van der Waals surface area contributed by atoms with E-state index in [2.05, 4.69) is 21.5 Å². The summed E-state index contributed by atoms with van der Waals surface area (Å²) in [5.74, 6) is -0.723. The summed E-state index contributed by atoms with van der Waals surface area (Å²) in [5, 5.41) is 0.207. The van der Waals surface area contributed by atoms with Gasteiger partial charge in [0.25, 0.3) is 0 Å². The van der Waals surface area contributed by atoms with E-state index in [1.165, 1.54) is 29.0 Å². The number of aromatic nitrogens is 4. The van der Waals surface area contributed by atoms with Gasteiger partial charge < -0.3 is 15.5 Å². The number of benzene rings is 1. The summed E-state index contributed by atoms with van der Waals surface area (Å²) in [6.45, 7) is 6.42. The molecule has 1 amide bonds. The Kier molecular flexibility index (Phi) is 7.44. The van der Waals surface area contributed by atoms with Crippen LogP contribution in [-0.2, 0) is 14.6 Å². The van der Waals surface area contributed by atoms with Crippen LogP contribution in [0, 0.1) is 5.82 Å². The Balaban J connectivity index is 1.67. The van der Waals surface area contributed by atoms with Gasteiger partial charge in [0.2, 0.25) is 5.91 Å². The van der Waals surface area contributed by atoms with Crippen LogP contribution < -0.4 is 16.3 Å². The first-order valence-corrected chi connectivity index (χ1v) is 16.2. The lowest BCUT2D eigenvalue weighted by Crippen LogP contribution is -2.54. The SMILES string of the molecule is C=CC(=O)N1CCN(c2nc(=O)n(-c3c(C4CCC4)cccc3S(C)(=O)=O)c3nc(-c4ncccc4N)c(F)cc23)[C@@H](C)C1. The average molecular weight is 618 g/mol. The van der Waals surface area contributed by atoms with Gasteiger partial charge in [0.15, 0.2) is 21.3 Å². The van der Waals surface area contributed by atoms with Crippen LogP contribution in [0.2, 0.25) is 0 Å². The molecule has 2 fully saturated rings. The summed E-state index contributed by atoms with van der Waals surface area (Å²) in [6.07, 6.45) is 6.44. The Bertz CT molecular complexity index is 1990. The van der Waals surface area contributed by atoms with E-state index in [1.54, 1.807) is 23.1 Å². The number of nitrogens with two attached hydrogens (primary N) is 1. The van der Waals surface area contributed by atoms with Gasteiger partial charge in [-0.1, -0.05) is 25.1 Å². The number of nitrogens with zero attached hydrogens (tertiary/aromatic N) is 6. The van der Waals surface area contributed by atoms with Crippen LogP contribution in [0.25, 0.3) is 28.1 Å². The van der Waals surface area contributed by atoms with Crippen molar-refractivity contribution in [3.8, 4) is 17.1 Å². The Morgan fingerprint density at radius 2 is 1.91 bits per heavy atom. The topological polar surface area (TPSA) is 144 Å². The van der Waals surface area contributed by atoms with Crippen molar-refractivity contribution in [1.29, 1.82) is 0 Å². The number of fused-ring (bicyclic) bond motifs is 1. The summed E-state index contributed by atoms with van der Waals surface area (Å²) in [5.41, 5.74) is 6.36. The quantitative estimate of drug-likeness (QED) is 0.322. The van der Waals surface area contributed by atoms with Gasteiger partial charge >= 0.3 is 5.69 Å². The lowest BCUT2D eigenvalue weighted by atomic mass is 9.79. The van der Waals surface area contributed by atoms with E-state index in [9.17, 15) is 18.0 Å². The fourth-order valence-corrected chi connectivity index (χ4v) is 6.92. The third-order valence-electron chi connectivity index (χ3n) is 8.45. The average Bonchev–Trinajstić information content (AvgIpc) is 2.95. The number of carbonyl (C=O) groups is 1. The molecule has 4 heterocycles. The van der Waals surface area contributed by atoms with Gasteiger partial charge in [-0.3, -0.25) is 9.78 Å². The molecular formula is C31H32FN7O4S. The predicted octanol–water partition coefficient (Wildman–Crippen LogP) is 3.46. The van der Waals surface area contributed by atoms with Crippen molar-refractivity contribution in [1.82, 2.24) is 24.4 Å². The first kappa shape index (κ1) is 29.4. The van der Waals surface area contributed by atoms with Crippen molar-refractivity contribution in [3.63, 3.8) is 0 Å². The van der Waals surface area contributed by atoms with Crippen LogP contribution in [0.15, 0.2) is 64.9 Å². The highest BCUT2D eigenvalue weighted by molar-refractivity contribution is 7.90. The molecule has 1 aromatic carbocycles. The van der Waals surface area contributed by atoms with E-state index < -0.39 is 21.3 Å². The van der Waals surface area contributed by atoms with Gasteiger partial charge in [-0.25, -0.2) is 27.2 Å². The fraction of sp³-hybridized carbons (Fsp3) is 0.323. The van der Waals surface area contributed by atoms with Gasteiger partial charge in [-0.2, -0.15) is 4.98 Å². The minimum atomic E-state index is -3.82. The largest absolute Gasteiger partial charge is 0.397 e. The summed E-state index contributed by atoms with van der Waals surface area (Å²) < 4.78 is 43.4. The number of sulfone groups is 1. The molecule has 1 saturated heterocycles. The van der Waals surface area contributed by atoms with Crippen molar-refractivity contribution < 1.29 is 17.6 Å². The molecule has 0 spiro atoms. The zero-order valence-electron chi connectivity index (χ0n) is 24.4. The third kappa shape index (κ3) is 5.00. The molecular weight excluding hydrogens is 585 g/mol. The highest BCUT2D eigenvalue weighted by Gasteiger charge is 2.33. The van der Waals surface area contributed by atoms with E-state index in [1.807, 2.05) is 17.9 Å². The van der Waals surface area contributed by atoms with Gasteiger partial charge in [0.1, 0.15) is 17.2 Å². The summed E-state index contributed by atoms with van der Waals surface area (Å²) in [6, 6.07) is 9.07. The van der Waals surface area contributed by atoms with Gasteiger partial charge in [0.05, 0.1) is 21.7 Å². The predicted molar refractivity (Wildman–Crippen MR) is 166 cm³/mol. The number of anilines is 2. The molecule has 11 nitrogen and oxygen atoms in total. The van der Waals surface area contributed by atoms with Gasteiger partial charge in [-0.15, -0.1) is 0 Å². The van der Waals surface area contributed by atoms with Gasteiger partial charge in [-0.05, 0) is 61.6 Å². The van der Waals surface area contributed by atoms with E-state index in [4.69, 9.17) is 5.73 Å². The Hall–Kier alpha value is -4.65. The van der Waals surface area contributed by atoms with Crippen LogP contribution in [0.3, 0.4) is 0 Å². The monoisotopic (exact) mass is 617 g/mol. The second-order valence-electron chi connectivity index (χ2n) is 11.3. The van der Waals surface area contributed by atoms with Crippen LogP contribution in [0.1, 0.15) is 37.7 Å². The molecule has 2 aliphatic rings. The van der Waals surface area contributed by atoms with Crippen molar-refractivity contribution in [2.45, 2.75) is 43.0 Å². The number of piperazine rings is 1. The number of para-hydroxylation sites is 1. The Morgan fingerprint density at radius 1 is 1.14 bits per heavy atom. The molecule has 228 valence electrons. The molecule has 13 heteroatoms. The first-order chi connectivity index (χ1) is 21.0. The zero-order chi connectivity index (χ0) is 31.3. The number of carbonyl (C=O) groups excluding carboxylic acids is 1. The number of nitrogen functional groups attached to an aromatic ring is 1. The molecule has 1 saturated carbocycles. The van der Waals surface area contributed by atoms with E-state index in [-0.39, 0.29) is 62.4 Å². The standard InChI is InChI=1S/C31H32FN7O4S/c1-4-25(40)37-14-15-38(18(2)17-37)29-21-16-22(32)26(27-23(33)11-7-13-34-27)35-30(21)39(31(41)36-29)28-20(19-8-5-9-19)10-6-12-24(28)44(3,42)43/h4,6-7,10-13,16,18-19H,1,5,8-9,14-15,17,33H2,2-3H3/t18-/m0/s1. The molecule has 44 heavy (non-hydrogen) atoms. The number of amides is 1. The highest BCUT2D eigenvalue weighted by atomic mass is 32.2. The zero-order valence-corrected chi connectivity index (χ0v) is 25.2. The van der Waals surface area contributed by atoms with Crippen LogP contribution in [-0.4, -0.2) is 70.7 Å². The van der Waals surface area contributed by atoms with Crippen LogP contribution >= 0.6 is 0 Å². The van der Waals surface area contributed by atoms with Crippen molar-refractivity contribution in [3.05, 3.63) is 77.1 Å². The lowest BCUT2D eigenvalue weighted by molar-refractivity contribution is -0.126. The summed E-state index contributed by atoms with van der Waals surface area (Å²) in [7, 11) is -3.82. The maximum absolute atomic E-state index is 16.0. The second kappa shape index (κ2) is 11.1. The van der Waals surface area contributed by atoms with Crippen molar-refractivity contribution >= 4 is 38.3 Å². The molecule has 2 N–H and O–H groups in total. The Labute approximate surface area is 253 Å². The first-order valence-electron chi connectivity index (χ1n) is 14.3. The maximum atomic E-state index is 16.0. The van der Waals surface area contributed by atoms with E-state index in [0.29, 0.717) is 25.2 Å². The number of halogens is 1. The molecule has 1 aliphatic carbocycles. The van der Waals surface area contributed by atoms with Gasteiger partial charge in [0, 0.05) is 38.1 Å².